The second kappa shape index (κ2) is 6.62. The Bertz CT molecular complexity index is 1270. The minimum absolute atomic E-state index is 0.156. The van der Waals surface area contributed by atoms with Crippen LogP contribution in [-0.2, 0) is 13.1 Å². The summed E-state index contributed by atoms with van der Waals surface area (Å²) >= 11 is 1.30. The molecule has 3 aromatic heterocycles. The molecule has 0 saturated carbocycles. The fourth-order valence-electron chi connectivity index (χ4n) is 3.13. The number of carbonyl (C=O) groups is 1. The van der Waals surface area contributed by atoms with Crippen molar-refractivity contribution in [2.24, 2.45) is 0 Å². The van der Waals surface area contributed by atoms with Crippen molar-refractivity contribution < 1.29 is 4.79 Å². The predicted molar refractivity (Wildman–Crippen MR) is 105 cm³/mol. The topological polar surface area (TPSA) is 78.4 Å². The van der Waals surface area contributed by atoms with Gasteiger partial charge in [0.05, 0.1) is 5.52 Å². The Morgan fingerprint density at radius 2 is 1.89 bits per heavy atom. The van der Waals surface area contributed by atoms with Crippen molar-refractivity contribution in [3.63, 3.8) is 0 Å². The van der Waals surface area contributed by atoms with E-state index in [-0.39, 0.29) is 23.7 Å². The second-order valence-corrected chi connectivity index (χ2v) is 7.37. The molecule has 4 rings (SSSR count). The fourth-order valence-corrected chi connectivity index (χ4v) is 3.95. The lowest BCUT2D eigenvalue weighted by Gasteiger charge is -2.05. The Kier molecular flexibility index (Phi) is 4.27. The Balaban J connectivity index is 1.87. The first-order valence-electron chi connectivity index (χ1n) is 8.70. The minimum atomic E-state index is -0.418. The maximum absolute atomic E-state index is 12.9. The number of hydrogen-bond donors (Lipinski definition) is 0. The van der Waals surface area contributed by atoms with Gasteiger partial charge < -0.3 is 0 Å². The third-order valence-electron chi connectivity index (χ3n) is 4.50. The SMILES string of the molecule is CCCn1c(=O)c2sccc2n2c(=O)n(CC(=O)c3ccc(C)cc3)nc12. The van der Waals surface area contributed by atoms with E-state index in [0.29, 0.717) is 22.3 Å². The fraction of sp³-hybridized carbons (Fsp3) is 0.263. The van der Waals surface area contributed by atoms with Crippen LogP contribution in [0.2, 0.25) is 0 Å². The van der Waals surface area contributed by atoms with Crippen LogP contribution >= 0.6 is 11.3 Å². The quantitative estimate of drug-likeness (QED) is 0.497. The van der Waals surface area contributed by atoms with E-state index >= 15 is 0 Å². The molecule has 0 radical (unpaired) electrons. The maximum Gasteiger partial charge on any atom is 0.352 e. The number of fused-ring (bicyclic) bond motifs is 3. The van der Waals surface area contributed by atoms with E-state index < -0.39 is 5.69 Å². The number of ketones is 1. The van der Waals surface area contributed by atoms with Crippen LogP contribution in [0.5, 0.6) is 0 Å². The zero-order valence-corrected chi connectivity index (χ0v) is 15.8. The summed E-state index contributed by atoms with van der Waals surface area (Å²) in [5.41, 5.74) is 1.54. The van der Waals surface area contributed by atoms with Crippen LogP contribution in [0.15, 0.2) is 45.3 Å². The van der Waals surface area contributed by atoms with Crippen LogP contribution in [0.4, 0.5) is 0 Å². The van der Waals surface area contributed by atoms with Crippen molar-refractivity contribution in [3.05, 3.63) is 67.7 Å². The highest BCUT2D eigenvalue weighted by Crippen LogP contribution is 2.17. The highest BCUT2D eigenvalue weighted by Gasteiger charge is 2.19. The molecule has 7 nitrogen and oxygen atoms in total. The van der Waals surface area contributed by atoms with Crippen LogP contribution in [0, 0.1) is 6.92 Å². The van der Waals surface area contributed by atoms with Crippen LogP contribution in [0.25, 0.3) is 16.0 Å². The van der Waals surface area contributed by atoms with E-state index in [0.717, 1.165) is 16.7 Å². The normalized spacial score (nSPS) is 11.5. The molecule has 3 heterocycles. The summed E-state index contributed by atoms with van der Waals surface area (Å²) in [5, 5.41) is 6.10. The molecule has 138 valence electrons. The standard InChI is InChI=1S/C19H18N4O3S/c1-3-9-21-17(25)16-14(8-10-27-16)23-18(21)20-22(19(23)26)11-15(24)13-6-4-12(2)5-7-13/h4-8,10H,3,9,11H2,1-2H3. The molecule has 0 fully saturated rings. The lowest BCUT2D eigenvalue weighted by atomic mass is 10.1. The Morgan fingerprint density at radius 3 is 2.59 bits per heavy atom. The molecule has 0 aliphatic carbocycles. The first kappa shape index (κ1) is 17.4. The van der Waals surface area contributed by atoms with Gasteiger partial charge in [-0.05, 0) is 24.8 Å². The van der Waals surface area contributed by atoms with Crippen LogP contribution in [0.1, 0.15) is 29.3 Å². The minimum Gasteiger partial charge on any atom is -0.292 e. The van der Waals surface area contributed by atoms with Crippen molar-refractivity contribution in [2.75, 3.05) is 0 Å². The number of aromatic nitrogens is 4. The zero-order valence-electron chi connectivity index (χ0n) is 15.0. The molecular formula is C19H18N4O3S. The van der Waals surface area contributed by atoms with Gasteiger partial charge in [-0.15, -0.1) is 16.4 Å². The van der Waals surface area contributed by atoms with Crippen LogP contribution < -0.4 is 11.2 Å². The molecule has 0 spiro atoms. The average Bonchev–Trinajstić information content (AvgIpc) is 3.25. The molecule has 0 saturated heterocycles. The molecule has 4 aromatic rings. The van der Waals surface area contributed by atoms with Gasteiger partial charge in [-0.3, -0.25) is 14.2 Å². The third-order valence-corrected chi connectivity index (χ3v) is 5.39. The Morgan fingerprint density at radius 1 is 1.15 bits per heavy atom. The van der Waals surface area contributed by atoms with Gasteiger partial charge >= 0.3 is 5.69 Å². The number of benzene rings is 1. The van der Waals surface area contributed by atoms with Gasteiger partial charge in [-0.25, -0.2) is 13.9 Å². The number of rotatable bonds is 5. The maximum atomic E-state index is 12.9. The van der Waals surface area contributed by atoms with Gasteiger partial charge in [0.25, 0.3) is 5.56 Å². The predicted octanol–water partition coefficient (Wildman–Crippen LogP) is 2.47. The molecule has 27 heavy (non-hydrogen) atoms. The van der Waals surface area contributed by atoms with E-state index in [9.17, 15) is 14.4 Å². The number of thiophene rings is 1. The lowest BCUT2D eigenvalue weighted by molar-refractivity contribution is 0.0966. The second-order valence-electron chi connectivity index (χ2n) is 6.46. The monoisotopic (exact) mass is 382 g/mol. The molecule has 0 bridgehead atoms. The molecule has 1 aromatic carbocycles. The Hall–Kier alpha value is -3.00. The van der Waals surface area contributed by atoms with Crippen molar-refractivity contribution >= 4 is 33.1 Å². The van der Waals surface area contributed by atoms with Crippen molar-refractivity contribution in [2.45, 2.75) is 33.4 Å². The molecule has 0 N–H and O–H groups in total. The summed E-state index contributed by atoms with van der Waals surface area (Å²) in [6.45, 7) is 4.19. The molecule has 0 unspecified atom stereocenters. The Labute approximate surface area is 158 Å². The van der Waals surface area contributed by atoms with Gasteiger partial charge in [0.1, 0.15) is 11.2 Å². The smallest absolute Gasteiger partial charge is 0.292 e. The van der Waals surface area contributed by atoms with Gasteiger partial charge in [0, 0.05) is 12.1 Å². The van der Waals surface area contributed by atoms with Crippen molar-refractivity contribution in [3.8, 4) is 0 Å². The molecule has 8 heteroatoms. The lowest BCUT2D eigenvalue weighted by Crippen LogP contribution is -2.27. The van der Waals surface area contributed by atoms with E-state index in [1.165, 1.54) is 20.3 Å². The van der Waals surface area contributed by atoms with Crippen molar-refractivity contribution in [1.82, 2.24) is 18.7 Å². The zero-order chi connectivity index (χ0) is 19.1. The summed E-state index contributed by atoms with van der Waals surface area (Å²) in [7, 11) is 0. The number of hydrogen-bond acceptors (Lipinski definition) is 5. The van der Waals surface area contributed by atoms with Gasteiger partial charge in [0.2, 0.25) is 5.78 Å². The van der Waals surface area contributed by atoms with Gasteiger partial charge in [-0.2, -0.15) is 0 Å². The van der Waals surface area contributed by atoms with Crippen LogP contribution in [-0.4, -0.2) is 24.5 Å². The summed E-state index contributed by atoms with van der Waals surface area (Å²) in [4.78, 5) is 38.2. The van der Waals surface area contributed by atoms with Gasteiger partial charge in [0.15, 0.2) is 5.78 Å². The third kappa shape index (κ3) is 2.82. The summed E-state index contributed by atoms with van der Waals surface area (Å²) < 4.78 is 4.58. The highest BCUT2D eigenvalue weighted by molar-refractivity contribution is 7.17. The summed E-state index contributed by atoms with van der Waals surface area (Å²) in [6.07, 6.45) is 0.732. The average molecular weight is 382 g/mol. The van der Waals surface area contributed by atoms with E-state index in [1.54, 1.807) is 23.6 Å². The largest absolute Gasteiger partial charge is 0.352 e. The molecule has 0 atom stereocenters. The first-order chi connectivity index (χ1) is 13.0. The number of Topliss-reactive ketones (excluding diaryl/α,β-unsaturated/α-hetero) is 1. The van der Waals surface area contributed by atoms with Crippen LogP contribution in [0.3, 0.4) is 0 Å². The van der Waals surface area contributed by atoms with Gasteiger partial charge in [-0.1, -0.05) is 36.8 Å². The number of carbonyl (C=O) groups excluding carboxylic acids is 1. The van der Waals surface area contributed by atoms with Crippen molar-refractivity contribution in [1.29, 1.82) is 0 Å². The highest BCUT2D eigenvalue weighted by atomic mass is 32.1. The molecule has 0 amide bonds. The first-order valence-corrected chi connectivity index (χ1v) is 9.58. The van der Waals surface area contributed by atoms with E-state index in [4.69, 9.17) is 0 Å². The molecule has 0 aliphatic heterocycles. The van der Waals surface area contributed by atoms with E-state index in [2.05, 4.69) is 5.10 Å². The number of nitrogens with zero attached hydrogens (tertiary/aromatic N) is 4. The summed E-state index contributed by atoms with van der Waals surface area (Å²) in [6, 6.07) is 8.92. The molecular weight excluding hydrogens is 364 g/mol. The number of aryl methyl sites for hydroxylation is 2. The summed E-state index contributed by atoms with van der Waals surface area (Å²) in [5.74, 6) is 0.0703. The van der Waals surface area contributed by atoms with E-state index in [1.807, 2.05) is 26.0 Å². The molecule has 0 aliphatic rings.